The van der Waals surface area contributed by atoms with Gasteiger partial charge in [0.2, 0.25) is 0 Å². The Labute approximate surface area is 122 Å². The van der Waals surface area contributed by atoms with Crippen molar-refractivity contribution in [3.05, 3.63) is 22.2 Å². The molecular weight excluding hydrogens is 306 g/mol. The average Bonchev–Trinajstić information content (AvgIpc) is 2.46. The van der Waals surface area contributed by atoms with Gasteiger partial charge in [0.25, 0.3) is 0 Å². The number of ether oxygens (including phenoxy) is 2. The van der Waals surface area contributed by atoms with E-state index < -0.39 is 0 Å². The van der Waals surface area contributed by atoms with Gasteiger partial charge < -0.3 is 15.2 Å². The van der Waals surface area contributed by atoms with Crippen LogP contribution in [0.4, 0.5) is 0 Å². The molecule has 19 heavy (non-hydrogen) atoms. The zero-order valence-corrected chi connectivity index (χ0v) is 13.0. The average molecular weight is 326 g/mol. The highest BCUT2D eigenvalue weighted by Gasteiger charge is 2.36. The van der Waals surface area contributed by atoms with Gasteiger partial charge in [-0.3, -0.25) is 0 Å². The number of hydrogen-bond acceptors (Lipinski definition) is 3. The second-order valence-electron chi connectivity index (χ2n) is 6.54. The standard InChI is InChI=1S/C15H20BrNO2/c1-14(2)8-18-12-7-10(15(17)4-3-5-15)6-11(16)13(12)19-9-14/h6-7H,3-5,8-9,17H2,1-2H3. The van der Waals surface area contributed by atoms with E-state index in [2.05, 4.69) is 41.9 Å². The van der Waals surface area contributed by atoms with Crippen molar-refractivity contribution < 1.29 is 9.47 Å². The van der Waals surface area contributed by atoms with Crippen LogP contribution in [-0.4, -0.2) is 13.2 Å². The zero-order chi connectivity index (χ0) is 13.7. The highest BCUT2D eigenvalue weighted by Crippen LogP contribution is 2.46. The Bertz CT molecular complexity index is 509. The molecule has 2 aliphatic rings. The van der Waals surface area contributed by atoms with Crippen LogP contribution in [0.3, 0.4) is 0 Å². The Balaban J connectivity index is 1.98. The van der Waals surface area contributed by atoms with Crippen molar-refractivity contribution in [2.45, 2.75) is 38.6 Å². The minimum atomic E-state index is -0.178. The molecule has 0 atom stereocenters. The van der Waals surface area contributed by atoms with E-state index in [9.17, 15) is 0 Å². The summed E-state index contributed by atoms with van der Waals surface area (Å²) in [5.74, 6) is 1.61. The van der Waals surface area contributed by atoms with Crippen molar-refractivity contribution in [2.75, 3.05) is 13.2 Å². The minimum absolute atomic E-state index is 0.0233. The first-order valence-electron chi connectivity index (χ1n) is 6.78. The van der Waals surface area contributed by atoms with Gasteiger partial charge in [0.15, 0.2) is 11.5 Å². The number of fused-ring (bicyclic) bond motifs is 1. The number of benzene rings is 1. The first-order chi connectivity index (χ1) is 8.90. The van der Waals surface area contributed by atoms with Crippen molar-refractivity contribution in [1.82, 2.24) is 0 Å². The van der Waals surface area contributed by atoms with Crippen LogP contribution in [0.25, 0.3) is 0 Å². The highest BCUT2D eigenvalue weighted by molar-refractivity contribution is 9.10. The fraction of sp³-hybridized carbons (Fsp3) is 0.600. The van der Waals surface area contributed by atoms with Gasteiger partial charge in [0, 0.05) is 11.0 Å². The van der Waals surface area contributed by atoms with Gasteiger partial charge >= 0.3 is 0 Å². The van der Waals surface area contributed by atoms with E-state index >= 15 is 0 Å². The summed E-state index contributed by atoms with van der Waals surface area (Å²) in [6.07, 6.45) is 3.30. The van der Waals surface area contributed by atoms with Crippen molar-refractivity contribution in [3.63, 3.8) is 0 Å². The fourth-order valence-corrected chi connectivity index (χ4v) is 3.09. The van der Waals surface area contributed by atoms with Gasteiger partial charge in [-0.1, -0.05) is 13.8 Å². The second-order valence-corrected chi connectivity index (χ2v) is 7.39. The summed E-state index contributed by atoms with van der Waals surface area (Å²) < 4.78 is 12.8. The Hall–Kier alpha value is -0.740. The van der Waals surface area contributed by atoms with Crippen LogP contribution < -0.4 is 15.2 Å². The SMILES string of the molecule is CC1(C)COc2cc(C3(N)CCC3)cc(Br)c2OC1. The number of nitrogens with two attached hydrogens (primary N) is 1. The zero-order valence-electron chi connectivity index (χ0n) is 11.5. The monoisotopic (exact) mass is 325 g/mol. The molecule has 0 aromatic heterocycles. The number of hydrogen-bond donors (Lipinski definition) is 1. The molecule has 1 heterocycles. The maximum Gasteiger partial charge on any atom is 0.175 e. The van der Waals surface area contributed by atoms with Crippen LogP contribution in [0.15, 0.2) is 16.6 Å². The maximum atomic E-state index is 6.40. The van der Waals surface area contributed by atoms with Crippen molar-refractivity contribution >= 4 is 15.9 Å². The summed E-state index contributed by atoms with van der Waals surface area (Å²) in [4.78, 5) is 0. The lowest BCUT2D eigenvalue weighted by molar-refractivity contribution is 0.140. The normalized spacial score (nSPS) is 23.4. The summed E-state index contributed by atoms with van der Waals surface area (Å²) in [5, 5.41) is 0. The molecule has 0 saturated heterocycles. The smallest absolute Gasteiger partial charge is 0.175 e. The largest absolute Gasteiger partial charge is 0.489 e. The number of halogens is 1. The quantitative estimate of drug-likeness (QED) is 0.858. The van der Waals surface area contributed by atoms with Gasteiger partial charge in [-0.2, -0.15) is 0 Å². The van der Waals surface area contributed by atoms with E-state index in [1.807, 2.05) is 0 Å². The Morgan fingerprint density at radius 2 is 1.84 bits per heavy atom. The van der Waals surface area contributed by atoms with Crippen molar-refractivity contribution in [3.8, 4) is 11.5 Å². The van der Waals surface area contributed by atoms with Gasteiger partial charge in [0.05, 0.1) is 17.7 Å². The molecule has 1 aromatic carbocycles. The third-order valence-electron chi connectivity index (χ3n) is 4.06. The summed E-state index contributed by atoms with van der Waals surface area (Å²) in [6.45, 7) is 5.60. The first kappa shape index (κ1) is 13.3. The molecule has 2 N–H and O–H groups in total. The van der Waals surface area contributed by atoms with E-state index in [-0.39, 0.29) is 11.0 Å². The van der Waals surface area contributed by atoms with Crippen LogP contribution in [0, 0.1) is 5.41 Å². The summed E-state index contributed by atoms with van der Waals surface area (Å²) in [5.41, 5.74) is 7.39. The highest BCUT2D eigenvalue weighted by atomic mass is 79.9. The summed E-state index contributed by atoms with van der Waals surface area (Å²) in [6, 6.07) is 4.14. The predicted octanol–water partition coefficient (Wildman–Crippen LogP) is 3.58. The van der Waals surface area contributed by atoms with Crippen molar-refractivity contribution in [2.24, 2.45) is 11.1 Å². The number of rotatable bonds is 1. The molecule has 3 nitrogen and oxygen atoms in total. The van der Waals surface area contributed by atoms with Gasteiger partial charge in [-0.15, -0.1) is 0 Å². The lowest BCUT2D eigenvalue weighted by Gasteiger charge is -2.39. The van der Waals surface area contributed by atoms with E-state index in [0.29, 0.717) is 13.2 Å². The van der Waals surface area contributed by atoms with Crippen LogP contribution in [0.2, 0.25) is 0 Å². The molecule has 3 rings (SSSR count). The molecule has 1 saturated carbocycles. The predicted molar refractivity (Wildman–Crippen MR) is 78.6 cm³/mol. The molecule has 1 aliphatic carbocycles. The van der Waals surface area contributed by atoms with Crippen LogP contribution in [0.5, 0.6) is 11.5 Å². The Morgan fingerprint density at radius 3 is 2.47 bits per heavy atom. The third kappa shape index (κ3) is 2.36. The fourth-order valence-electron chi connectivity index (χ4n) is 2.53. The molecule has 0 unspecified atom stereocenters. The van der Waals surface area contributed by atoms with Crippen LogP contribution in [0.1, 0.15) is 38.7 Å². The summed E-state index contributed by atoms with van der Waals surface area (Å²) >= 11 is 3.59. The molecule has 1 fully saturated rings. The van der Waals surface area contributed by atoms with Gasteiger partial charge in [-0.05, 0) is 52.9 Å². The third-order valence-corrected chi connectivity index (χ3v) is 4.64. The molecule has 1 aromatic rings. The lowest BCUT2D eigenvalue weighted by Crippen LogP contribution is -2.43. The molecular formula is C15H20BrNO2. The first-order valence-corrected chi connectivity index (χ1v) is 7.58. The van der Waals surface area contributed by atoms with Gasteiger partial charge in [0.1, 0.15) is 0 Å². The van der Waals surface area contributed by atoms with E-state index in [1.54, 1.807) is 0 Å². The van der Waals surface area contributed by atoms with E-state index in [4.69, 9.17) is 15.2 Å². The topological polar surface area (TPSA) is 44.5 Å². The van der Waals surface area contributed by atoms with Crippen LogP contribution >= 0.6 is 15.9 Å². The minimum Gasteiger partial charge on any atom is -0.489 e. The molecule has 0 radical (unpaired) electrons. The molecule has 0 spiro atoms. The molecule has 104 valence electrons. The molecule has 1 aliphatic heterocycles. The molecule has 0 bridgehead atoms. The Morgan fingerprint density at radius 1 is 1.16 bits per heavy atom. The van der Waals surface area contributed by atoms with Crippen molar-refractivity contribution in [1.29, 1.82) is 0 Å². The molecule has 0 amide bonds. The van der Waals surface area contributed by atoms with Gasteiger partial charge in [-0.25, -0.2) is 0 Å². The molecule has 4 heteroatoms. The lowest BCUT2D eigenvalue weighted by atomic mass is 9.73. The Kier molecular flexibility index (Phi) is 3.06. The van der Waals surface area contributed by atoms with E-state index in [0.717, 1.165) is 34.4 Å². The van der Waals surface area contributed by atoms with E-state index in [1.165, 1.54) is 6.42 Å². The second kappa shape index (κ2) is 4.38. The summed E-state index contributed by atoms with van der Waals surface area (Å²) in [7, 11) is 0. The maximum absolute atomic E-state index is 6.40. The van der Waals surface area contributed by atoms with Crippen LogP contribution in [-0.2, 0) is 5.54 Å².